The minimum Gasteiger partial charge on any atom is -0.370 e. The molecule has 0 amide bonds. The van der Waals surface area contributed by atoms with Gasteiger partial charge in [0.2, 0.25) is 0 Å². The van der Waals surface area contributed by atoms with Crippen molar-refractivity contribution in [1.82, 2.24) is 19.7 Å². The molecule has 102 valence electrons. The van der Waals surface area contributed by atoms with Crippen LogP contribution in [-0.2, 0) is 20.0 Å². The van der Waals surface area contributed by atoms with Crippen LogP contribution in [0.2, 0.25) is 0 Å². The minimum atomic E-state index is 0.663. The topological polar surface area (TPSA) is 67.7 Å². The maximum absolute atomic E-state index is 4.34. The van der Waals surface area contributed by atoms with Gasteiger partial charge < -0.3 is 10.6 Å². The van der Waals surface area contributed by atoms with Crippen LogP contribution in [0, 0.1) is 0 Å². The predicted octanol–water partition coefficient (Wildman–Crippen LogP) is 1.82. The van der Waals surface area contributed by atoms with Crippen LogP contribution in [0.15, 0.2) is 18.6 Å². The summed E-state index contributed by atoms with van der Waals surface area (Å²) in [6.45, 7) is 5.67. The number of nitrogens with zero attached hydrogens (tertiary/aromatic N) is 4. The molecular weight excluding hydrogens is 240 g/mol. The summed E-state index contributed by atoms with van der Waals surface area (Å²) in [7, 11) is 1.91. The lowest BCUT2D eigenvalue weighted by Gasteiger charge is -2.13. The van der Waals surface area contributed by atoms with Crippen molar-refractivity contribution in [3.05, 3.63) is 29.8 Å². The summed E-state index contributed by atoms with van der Waals surface area (Å²) in [5, 5.41) is 10.9. The molecule has 0 aliphatic rings. The van der Waals surface area contributed by atoms with Crippen molar-refractivity contribution in [1.29, 1.82) is 0 Å². The molecule has 0 unspecified atom stereocenters. The molecule has 0 aromatic carbocycles. The molecule has 2 aromatic heterocycles. The summed E-state index contributed by atoms with van der Waals surface area (Å²) in [4.78, 5) is 8.59. The fourth-order valence-electron chi connectivity index (χ4n) is 1.95. The highest BCUT2D eigenvalue weighted by Crippen LogP contribution is 2.20. The van der Waals surface area contributed by atoms with Gasteiger partial charge in [-0.15, -0.1) is 0 Å². The molecule has 0 spiro atoms. The van der Waals surface area contributed by atoms with E-state index in [1.165, 1.54) is 0 Å². The summed E-state index contributed by atoms with van der Waals surface area (Å²) in [5.41, 5.74) is 2.11. The molecular formula is C13H20N6. The Bertz CT molecular complexity index is 534. The second-order valence-electron chi connectivity index (χ2n) is 4.27. The summed E-state index contributed by atoms with van der Waals surface area (Å²) >= 11 is 0. The first-order chi connectivity index (χ1) is 9.24. The molecule has 6 nitrogen and oxygen atoms in total. The van der Waals surface area contributed by atoms with Crippen LogP contribution in [-0.4, -0.2) is 26.3 Å². The van der Waals surface area contributed by atoms with Gasteiger partial charge in [0.25, 0.3) is 0 Å². The van der Waals surface area contributed by atoms with E-state index in [0.717, 1.165) is 35.9 Å². The molecule has 2 aromatic rings. The first-order valence-electron chi connectivity index (χ1n) is 6.54. The van der Waals surface area contributed by atoms with Crippen molar-refractivity contribution in [2.75, 3.05) is 17.2 Å². The molecule has 2 rings (SSSR count). The summed E-state index contributed by atoms with van der Waals surface area (Å²) in [5.74, 6) is 1.78. The minimum absolute atomic E-state index is 0.663. The van der Waals surface area contributed by atoms with Crippen LogP contribution >= 0.6 is 0 Å². The van der Waals surface area contributed by atoms with Gasteiger partial charge >= 0.3 is 0 Å². The van der Waals surface area contributed by atoms with Gasteiger partial charge in [0.1, 0.15) is 18.0 Å². The fourth-order valence-corrected chi connectivity index (χ4v) is 1.95. The van der Waals surface area contributed by atoms with Gasteiger partial charge in [-0.3, -0.25) is 4.68 Å². The molecule has 0 aliphatic heterocycles. The maximum Gasteiger partial charge on any atom is 0.135 e. The Labute approximate surface area is 113 Å². The zero-order valence-corrected chi connectivity index (χ0v) is 11.6. The molecule has 0 saturated heterocycles. The number of hydrogen-bond donors (Lipinski definition) is 2. The first-order valence-corrected chi connectivity index (χ1v) is 6.54. The normalized spacial score (nSPS) is 10.5. The van der Waals surface area contributed by atoms with Crippen molar-refractivity contribution in [3.63, 3.8) is 0 Å². The molecule has 0 saturated carbocycles. The highest BCUT2D eigenvalue weighted by Gasteiger charge is 2.09. The van der Waals surface area contributed by atoms with E-state index in [9.17, 15) is 0 Å². The second-order valence-corrected chi connectivity index (χ2v) is 4.27. The van der Waals surface area contributed by atoms with Crippen molar-refractivity contribution < 1.29 is 0 Å². The molecule has 2 heterocycles. The second kappa shape index (κ2) is 6.17. The fraction of sp³-hybridized carbons (Fsp3) is 0.462. The SMILES string of the molecule is CCNc1ncnc(NCc2ccn(C)n2)c1CC. The number of anilines is 2. The van der Waals surface area contributed by atoms with Gasteiger partial charge in [0.15, 0.2) is 0 Å². The van der Waals surface area contributed by atoms with Gasteiger partial charge in [-0.05, 0) is 19.4 Å². The third-order valence-corrected chi connectivity index (χ3v) is 2.85. The van der Waals surface area contributed by atoms with E-state index >= 15 is 0 Å². The van der Waals surface area contributed by atoms with E-state index in [1.54, 1.807) is 11.0 Å². The molecule has 0 atom stereocenters. The van der Waals surface area contributed by atoms with Gasteiger partial charge in [-0.1, -0.05) is 6.92 Å². The first kappa shape index (κ1) is 13.3. The van der Waals surface area contributed by atoms with Crippen LogP contribution < -0.4 is 10.6 Å². The summed E-state index contributed by atoms with van der Waals surface area (Å²) < 4.78 is 1.79. The van der Waals surface area contributed by atoms with E-state index in [1.807, 2.05) is 19.3 Å². The van der Waals surface area contributed by atoms with Crippen LogP contribution in [0.3, 0.4) is 0 Å². The van der Waals surface area contributed by atoms with Gasteiger partial charge in [-0.25, -0.2) is 9.97 Å². The molecule has 19 heavy (non-hydrogen) atoms. The average Bonchev–Trinajstić information content (AvgIpc) is 2.83. The van der Waals surface area contributed by atoms with Gasteiger partial charge in [0.05, 0.1) is 12.2 Å². The Hall–Kier alpha value is -2.11. The highest BCUT2D eigenvalue weighted by molar-refractivity contribution is 5.57. The zero-order chi connectivity index (χ0) is 13.7. The lowest BCUT2D eigenvalue weighted by Crippen LogP contribution is -2.10. The van der Waals surface area contributed by atoms with Crippen molar-refractivity contribution >= 4 is 11.6 Å². The standard InChI is InChI=1S/C13H20N6/c1-4-11-12(14-5-2)16-9-17-13(11)15-8-10-6-7-19(3)18-10/h6-7,9H,4-5,8H2,1-3H3,(H2,14,15,16,17). The molecule has 0 radical (unpaired) electrons. The van der Waals surface area contributed by atoms with Crippen molar-refractivity contribution in [2.45, 2.75) is 26.8 Å². The lowest BCUT2D eigenvalue weighted by atomic mass is 10.2. The van der Waals surface area contributed by atoms with E-state index < -0.39 is 0 Å². The van der Waals surface area contributed by atoms with E-state index in [4.69, 9.17) is 0 Å². The Kier molecular flexibility index (Phi) is 4.33. The lowest BCUT2D eigenvalue weighted by molar-refractivity contribution is 0.746. The molecule has 0 bridgehead atoms. The Morgan fingerprint density at radius 2 is 1.89 bits per heavy atom. The monoisotopic (exact) mass is 260 g/mol. The summed E-state index contributed by atoms with van der Waals surface area (Å²) in [6, 6.07) is 1.99. The zero-order valence-electron chi connectivity index (χ0n) is 11.6. The predicted molar refractivity (Wildman–Crippen MR) is 76.1 cm³/mol. The number of aryl methyl sites for hydroxylation is 1. The highest BCUT2D eigenvalue weighted by atomic mass is 15.3. The third kappa shape index (κ3) is 3.21. The van der Waals surface area contributed by atoms with Crippen LogP contribution in [0.5, 0.6) is 0 Å². The van der Waals surface area contributed by atoms with Gasteiger partial charge in [-0.2, -0.15) is 5.10 Å². The molecule has 0 aliphatic carbocycles. The average molecular weight is 260 g/mol. The Morgan fingerprint density at radius 3 is 2.47 bits per heavy atom. The molecule has 0 fully saturated rings. The van der Waals surface area contributed by atoms with Crippen LogP contribution in [0.25, 0.3) is 0 Å². The van der Waals surface area contributed by atoms with Crippen LogP contribution in [0.4, 0.5) is 11.6 Å². The molecule has 2 N–H and O–H groups in total. The van der Waals surface area contributed by atoms with E-state index in [2.05, 4.69) is 39.5 Å². The number of nitrogens with one attached hydrogen (secondary N) is 2. The quantitative estimate of drug-likeness (QED) is 0.829. The number of hydrogen-bond acceptors (Lipinski definition) is 5. The Balaban J connectivity index is 2.13. The Morgan fingerprint density at radius 1 is 1.16 bits per heavy atom. The number of aromatic nitrogens is 4. The smallest absolute Gasteiger partial charge is 0.135 e. The molecule has 6 heteroatoms. The van der Waals surface area contributed by atoms with Crippen molar-refractivity contribution in [3.8, 4) is 0 Å². The van der Waals surface area contributed by atoms with Crippen molar-refractivity contribution in [2.24, 2.45) is 7.05 Å². The van der Waals surface area contributed by atoms with Crippen LogP contribution in [0.1, 0.15) is 25.1 Å². The largest absolute Gasteiger partial charge is 0.370 e. The number of rotatable bonds is 6. The maximum atomic E-state index is 4.34. The van der Waals surface area contributed by atoms with Gasteiger partial charge in [0, 0.05) is 25.4 Å². The summed E-state index contributed by atoms with van der Waals surface area (Å²) in [6.07, 6.45) is 4.40. The van der Waals surface area contributed by atoms with E-state index in [-0.39, 0.29) is 0 Å². The third-order valence-electron chi connectivity index (χ3n) is 2.85. The van der Waals surface area contributed by atoms with E-state index in [0.29, 0.717) is 6.54 Å².